The monoisotopic (exact) mass is 453 g/mol. The van der Waals surface area contributed by atoms with Gasteiger partial charge in [-0.15, -0.1) is 0 Å². The van der Waals surface area contributed by atoms with Gasteiger partial charge in [0.15, 0.2) is 0 Å². The fourth-order valence-electron chi connectivity index (χ4n) is 3.88. The fourth-order valence-corrected chi connectivity index (χ4v) is 4.04. The fraction of sp³-hybridized carbons (Fsp3) is 0.550. The molecule has 3 rings (SSSR count). The molecule has 2 heterocycles. The average Bonchev–Trinajstić information content (AvgIpc) is 2.99. The molecule has 1 aromatic carbocycles. The van der Waals surface area contributed by atoms with E-state index >= 15 is 0 Å². The van der Waals surface area contributed by atoms with Gasteiger partial charge in [0, 0.05) is 46.4 Å². The number of likely N-dealkylation sites (tertiary alicyclic amines) is 1. The number of nitrogens with zero attached hydrogens (tertiary/aromatic N) is 3. The Morgan fingerprint density at radius 1 is 1.29 bits per heavy atom. The van der Waals surface area contributed by atoms with Gasteiger partial charge in [0.05, 0.1) is 35.5 Å². The Bertz CT molecular complexity index is 867. The van der Waals surface area contributed by atoms with E-state index < -0.39 is 0 Å². The molecule has 170 valence electrons. The van der Waals surface area contributed by atoms with Crippen molar-refractivity contribution in [2.75, 3.05) is 59.7 Å². The van der Waals surface area contributed by atoms with Gasteiger partial charge in [0.25, 0.3) is 5.91 Å². The van der Waals surface area contributed by atoms with Crippen molar-refractivity contribution in [3.63, 3.8) is 0 Å². The van der Waals surface area contributed by atoms with Crippen molar-refractivity contribution in [3.8, 4) is 5.75 Å². The van der Waals surface area contributed by atoms with E-state index in [9.17, 15) is 14.4 Å². The first-order valence-corrected chi connectivity index (χ1v) is 10.4. The Hall–Kier alpha value is -2.56. The number of likely N-dealkylation sites (N-methyl/N-ethyl adjacent to an activating group) is 1. The quantitative estimate of drug-likeness (QED) is 0.459. The lowest BCUT2D eigenvalue weighted by molar-refractivity contribution is -0.125. The van der Waals surface area contributed by atoms with Gasteiger partial charge in [0.2, 0.25) is 5.91 Å². The van der Waals surface area contributed by atoms with E-state index in [-0.39, 0.29) is 41.6 Å². The maximum absolute atomic E-state index is 12.9. The lowest BCUT2D eigenvalue weighted by atomic mass is 10.0. The van der Waals surface area contributed by atoms with E-state index in [4.69, 9.17) is 26.8 Å². The highest BCUT2D eigenvalue weighted by atomic mass is 35.5. The van der Waals surface area contributed by atoms with Gasteiger partial charge in [-0.2, -0.15) is 0 Å². The molecular weight excluding hydrogens is 426 g/mol. The molecule has 31 heavy (non-hydrogen) atoms. The summed E-state index contributed by atoms with van der Waals surface area (Å²) in [5.74, 6) is -0.166. The number of nitrogens with one attached hydrogen (secondary N) is 1. The summed E-state index contributed by atoms with van der Waals surface area (Å²) in [6, 6.07) is 2.53. The summed E-state index contributed by atoms with van der Waals surface area (Å²) in [5, 5.41) is 3.28. The van der Waals surface area contributed by atoms with Gasteiger partial charge in [-0.05, 0) is 12.5 Å². The lowest BCUT2D eigenvalue weighted by Gasteiger charge is -2.38. The largest absolute Gasteiger partial charge is 0.496 e. The number of imide groups is 1. The van der Waals surface area contributed by atoms with Crippen molar-refractivity contribution in [2.24, 2.45) is 0 Å². The molecule has 10 nitrogen and oxygen atoms in total. The number of anilines is 1. The highest BCUT2D eigenvalue weighted by molar-refractivity contribution is 6.33. The Kier molecular flexibility index (Phi) is 7.24. The Morgan fingerprint density at radius 3 is 2.65 bits per heavy atom. The number of ether oxygens (including phenoxy) is 2. The number of hydrogen-bond acceptors (Lipinski definition) is 7. The van der Waals surface area contributed by atoms with Crippen molar-refractivity contribution in [2.45, 2.75) is 18.6 Å². The van der Waals surface area contributed by atoms with Gasteiger partial charge in [-0.1, -0.05) is 11.6 Å². The molecule has 0 aliphatic carbocycles. The van der Waals surface area contributed by atoms with Crippen LogP contribution in [0.4, 0.5) is 10.5 Å². The number of methoxy groups -OCH3 is 2. The molecule has 2 aliphatic heterocycles. The number of piperidine rings is 1. The van der Waals surface area contributed by atoms with E-state index in [2.05, 4.69) is 10.2 Å². The molecule has 4 amide bonds. The minimum absolute atomic E-state index is 0.117. The van der Waals surface area contributed by atoms with Crippen molar-refractivity contribution < 1.29 is 23.9 Å². The number of rotatable bonds is 7. The van der Waals surface area contributed by atoms with Crippen molar-refractivity contribution in [3.05, 3.63) is 22.7 Å². The molecule has 11 heteroatoms. The molecule has 0 bridgehead atoms. The summed E-state index contributed by atoms with van der Waals surface area (Å²) < 4.78 is 10.9. The molecule has 2 saturated heterocycles. The molecule has 3 N–H and O–H groups in total. The van der Waals surface area contributed by atoms with Gasteiger partial charge in [-0.3, -0.25) is 19.4 Å². The Balaban J connectivity index is 1.59. The predicted octanol–water partition coefficient (Wildman–Crippen LogP) is 0.644. The second-order valence-electron chi connectivity index (χ2n) is 7.70. The van der Waals surface area contributed by atoms with Crippen LogP contribution in [0.1, 0.15) is 16.8 Å². The van der Waals surface area contributed by atoms with Crippen LogP contribution in [0, 0.1) is 0 Å². The van der Waals surface area contributed by atoms with Crippen molar-refractivity contribution in [1.29, 1.82) is 0 Å². The molecule has 0 radical (unpaired) electrons. The first-order valence-electron chi connectivity index (χ1n) is 9.99. The standard InChI is InChI=1S/C20H28ClN5O5/c1-24-11-18(27)26(20(24)29)7-6-25-5-4-15(17(10-25)31-3)23-19(28)12-8-13(21)14(22)9-16(12)30-2/h8-9,15,17H,4-7,10-11,22H2,1-3H3,(H,23,28)/t15-,17+/m0/s1. The maximum Gasteiger partial charge on any atom is 0.327 e. The predicted molar refractivity (Wildman–Crippen MR) is 115 cm³/mol. The first kappa shape index (κ1) is 23.1. The highest BCUT2D eigenvalue weighted by Gasteiger charge is 2.35. The lowest BCUT2D eigenvalue weighted by Crippen LogP contribution is -2.55. The van der Waals surface area contributed by atoms with Gasteiger partial charge >= 0.3 is 6.03 Å². The first-order chi connectivity index (χ1) is 14.7. The topological polar surface area (TPSA) is 117 Å². The summed E-state index contributed by atoms with van der Waals surface area (Å²) >= 11 is 6.08. The zero-order valence-corrected chi connectivity index (χ0v) is 18.6. The van der Waals surface area contributed by atoms with Crippen LogP contribution in [-0.4, -0.2) is 98.7 Å². The minimum atomic E-state index is -0.324. The third-order valence-electron chi connectivity index (χ3n) is 5.70. The third-order valence-corrected chi connectivity index (χ3v) is 6.02. The summed E-state index contributed by atoms with van der Waals surface area (Å²) in [6.45, 7) is 2.25. The number of nitrogens with two attached hydrogens (primary N) is 1. The molecule has 1 aromatic rings. The number of hydrogen-bond donors (Lipinski definition) is 2. The smallest absolute Gasteiger partial charge is 0.327 e. The van der Waals surface area contributed by atoms with Crippen molar-refractivity contribution in [1.82, 2.24) is 20.0 Å². The minimum Gasteiger partial charge on any atom is -0.496 e. The van der Waals surface area contributed by atoms with Crippen LogP contribution in [0.15, 0.2) is 12.1 Å². The van der Waals surface area contributed by atoms with Crippen LogP contribution in [0.25, 0.3) is 0 Å². The molecular formula is C20H28ClN5O5. The third kappa shape index (κ3) is 5.03. The van der Waals surface area contributed by atoms with Gasteiger partial charge in [-0.25, -0.2) is 4.79 Å². The van der Waals surface area contributed by atoms with Crippen molar-refractivity contribution >= 4 is 35.1 Å². The zero-order chi connectivity index (χ0) is 22.7. The zero-order valence-electron chi connectivity index (χ0n) is 17.9. The van der Waals surface area contributed by atoms with E-state index in [1.165, 1.54) is 29.0 Å². The number of urea groups is 1. The second kappa shape index (κ2) is 9.71. The summed E-state index contributed by atoms with van der Waals surface area (Å²) in [6.07, 6.45) is 0.400. The highest BCUT2D eigenvalue weighted by Crippen LogP contribution is 2.29. The average molecular weight is 454 g/mol. The Morgan fingerprint density at radius 2 is 2.03 bits per heavy atom. The van der Waals surface area contributed by atoms with Crippen LogP contribution in [0.5, 0.6) is 5.75 Å². The summed E-state index contributed by atoms with van der Waals surface area (Å²) in [7, 11) is 4.67. The normalized spacial score (nSPS) is 22.2. The summed E-state index contributed by atoms with van der Waals surface area (Å²) in [4.78, 5) is 41.6. The summed E-state index contributed by atoms with van der Waals surface area (Å²) in [5.41, 5.74) is 6.42. The van der Waals surface area contributed by atoms with E-state index in [1.807, 2.05) is 0 Å². The number of carbonyl (C=O) groups is 3. The number of carbonyl (C=O) groups excluding carboxylic acids is 3. The molecule has 2 atom stereocenters. The van der Waals surface area contributed by atoms with Crippen LogP contribution >= 0.6 is 11.6 Å². The van der Waals surface area contributed by atoms with Gasteiger partial charge < -0.3 is 25.4 Å². The van der Waals surface area contributed by atoms with E-state index in [1.54, 1.807) is 14.2 Å². The van der Waals surface area contributed by atoms with E-state index in [0.29, 0.717) is 49.6 Å². The van der Waals surface area contributed by atoms with Crippen LogP contribution in [-0.2, 0) is 9.53 Å². The number of halogens is 1. The second-order valence-corrected chi connectivity index (χ2v) is 8.11. The molecule has 0 aromatic heterocycles. The van der Waals surface area contributed by atoms with Gasteiger partial charge in [0.1, 0.15) is 12.3 Å². The molecule has 2 aliphatic rings. The van der Waals surface area contributed by atoms with Crippen LogP contribution in [0.3, 0.4) is 0 Å². The SMILES string of the molecule is COc1cc(N)c(Cl)cc1C(=O)N[C@H]1CCN(CCN2C(=O)CN(C)C2=O)C[C@H]1OC. The molecule has 2 fully saturated rings. The number of benzene rings is 1. The van der Waals surface area contributed by atoms with Crippen LogP contribution in [0.2, 0.25) is 5.02 Å². The Labute approximate surface area is 186 Å². The number of amides is 4. The van der Waals surface area contributed by atoms with E-state index in [0.717, 1.165) is 0 Å². The maximum atomic E-state index is 12.9. The molecule has 0 unspecified atom stereocenters. The number of nitrogen functional groups attached to an aromatic ring is 1. The van der Waals surface area contributed by atoms with Crippen LogP contribution < -0.4 is 15.8 Å². The molecule has 0 saturated carbocycles. The molecule has 0 spiro atoms.